The van der Waals surface area contributed by atoms with Gasteiger partial charge >= 0.3 is 75.1 Å². The van der Waals surface area contributed by atoms with E-state index < -0.39 is 23.5 Å². The topological polar surface area (TPSA) is 179 Å². The molecule has 15 heteroatoms. The Morgan fingerprint density at radius 3 is 1.47 bits per heavy atom. The Hall–Kier alpha value is 2.67. The molecule has 15 heavy (non-hydrogen) atoms. The van der Waals surface area contributed by atoms with Crippen molar-refractivity contribution in [2.75, 3.05) is 0 Å². The van der Waals surface area contributed by atoms with E-state index in [9.17, 15) is 28.4 Å². The predicted molar refractivity (Wildman–Crippen MR) is 35.2 cm³/mol. The number of hydrogen-bond acceptors (Lipinski definition) is 8. The third-order valence-electron chi connectivity index (χ3n) is 0.406. The first-order valence-electron chi connectivity index (χ1n) is 2.23. The van der Waals surface area contributed by atoms with E-state index in [0.29, 0.717) is 0 Å². The van der Waals surface area contributed by atoms with Gasteiger partial charge in [-0.1, -0.05) is 0 Å². The molecule has 0 aromatic rings. The van der Waals surface area contributed by atoms with E-state index >= 15 is 0 Å². The van der Waals surface area contributed by atoms with Gasteiger partial charge in [0.25, 0.3) is 7.82 Å². The van der Waals surface area contributed by atoms with E-state index in [1.54, 1.807) is 0 Å². The van der Waals surface area contributed by atoms with Gasteiger partial charge < -0.3 is 29.0 Å². The Balaban J connectivity index is -0.000000720. The number of rotatable bonds is 4. The van der Waals surface area contributed by atoms with Crippen LogP contribution in [-0.4, -0.2) is 47.5 Å². The summed E-state index contributed by atoms with van der Waals surface area (Å²) in [5.74, 6) is 0. The van der Waals surface area contributed by atoms with E-state index in [4.69, 9.17) is 9.79 Å². The summed E-state index contributed by atoms with van der Waals surface area (Å²) in [7, 11) is -17.2. The van der Waals surface area contributed by atoms with Gasteiger partial charge in [-0.05, 0) is 0 Å². The molecule has 0 rings (SSSR count). The minimum absolute atomic E-state index is 0. The van der Waals surface area contributed by atoms with Gasteiger partial charge in [-0.3, -0.25) is 8.88 Å². The molecular formula is H2CaNaO10P3. The third kappa shape index (κ3) is 16.7. The van der Waals surface area contributed by atoms with Crippen LogP contribution in [0.1, 0.15) is 0 Å². The Morgan fingerprint density at radius 1 is 0.933 bits per heavy atom. The van der Waals surface area contributed by atoms with Gasteiger partial charge in [-0.25, -0.2) is 8.88 Å². The van der Waals surface area contributed by atoms with Gasteiger partial charge in [0.15, 0.2) is 0 Å². The van der Waals surface area contributed by atoms with Crippen molar-refractivity contribution < 1.29 is 76.3 Å². The second-order valence-corrected chi connectivity index (χ2v) is 5.62. The van der Waals surface area contributed by atoms with E-state index in [1.165, 1.54) is 0 Å². The van der Waals surface area contributed by atoms with Crippen molar-refractivity contribution in [1.82, 2.24) is 0 Å². The van der Waals surface area contributed by atoms with Gasteiger partial charge in [-0.15, -0.1) is 0 Å². The van der Waals surface area contributed by atoms with Crippen molar-refractivity contribution in [2.24, 2.45) is 0 Å². The summed E-state index contributed by atoms with van der Waals surface area (Å²) in [5.41, 5.74) is 0. The first-order valence-corrected chi connectivity index (χ1v) is 6.68. The fraction of sp³-hybridized carbons (Fsp3) is 0. The molecule has 0 aliphatic carbocycles. The summed E-state index contributed by atoms with van der Waals surface area (Å²) in [4.78, 5) is 45.3. The Morgan fingerprint density at radius 2 is 1.27 bits per heavy atom. The molecule has 0 fully saturated rings. The summed E-state index contributed by atoms with van der Waals surface area (Å²) in [5, 5.41) is 0. The zero-order valence-electron chi connectivity index (χ0n) is 7.21. The van der Waals surface area contributed by atoms with Crippen molar-refractivity contribution >= 4 is 61.2 Å². The summed E-state index contributed by atoms with van der Waals surface area (Å²) in [6.07, 6.45) is 0. The molecule has 0 bridgehead atoms. The SMILES string of the molecule is O=P([O-])([O-])OP(=O)([O-])OP(=O)(O)O.[Ca+2].[Na+]. The molecule has 0 aliphatic rings. The maximum absolute atomic E-state index is 10.2. The normalized spacial score (nSPS) is 15.8. The van der Waals surface area contributed by atoms with Crippen molar-refractivity contribution in [3.05, 3.63) is 0 Å². The Bertz CT molecular complexity index is 283. The monoisotopic (exact) mass is 318 g/mol. The Kier molecular flexibility index (Phi) is 12.1. The molecule has 0 amide bonds. The number of phosphoric acid groups is 3. The summed E-state index contributed by atoms with van der Waals surface area (Å²) in [6.45, 7) is 0. The quantitative estimate of drug-likeness (QED) is 0.374. The molecule has 0 saturated carbocycles. The largest absolute Gasteiger partial charge is 2.00 e. The van der Waals surface area contributed by atoms with Crippen LogP contribution in [0.3, 0.4) is 0 Å². The van der Waals surface area contributed by atoms with Crippen LogP contribution in [0.2, 0.25) is 0 Å². The fourth-order valence-electron chi connectivity index (χ4n) is 0.268. The zero-order chi connectivity index (χ0) is 10.9. The maximum atomic E-state index is 10.2. The van der Waals surface area contributed by atoms with Gasteiger partial charge in [0.05, 0.1) is 7.82 Å². The first-order chi connectivity index (χ1) is 5.41. The molecule has 0 aliphatic heterocycles. The molecule has 0 heterocycles. The molecule has 0 radical (unpaired) electrons. The molecule has 10 nitrogen and oxygen atoms in total. The summed E-state index contributed by atoms with van der Waals surface area (Å²) in [6, 6.07) is 0. The second kappa shape index (κ2) is 7.96. The maximum Gasteiger partial charge on any atom is 2.00 e. The number of hydrogen-bond donors (Lipinski definition) is 2. The van der Waals surface area contributed by atoms with Crippen LogP contribution in [0.15, 0.2) is 0 Å². The summed E-state index contributed by atoms with van der Waals surface area (Å²) >= 11 is 0. The second-order valence-electron chi connectivity index (χ2n) is 1.55. The average molecular weight is 318 g/mol. The molecule has 1 unspecified atom stereocenters. The van der Waals surface area contributed by atoms with E-state index in [0.717, 1.165) is 0 Å². The van der Waals surface area contributed by atoms with Gasteiger partial charge in [-0.2, -0.15) is 0 Å². The molecule has 1 atom stereocenters. The minimum atomic E-state index is -5.92. The van der Waals surface area contributed by atoms with Crippen LogP contribution in [0.25, 0.3) is 0 Å². The zero-order valence-corrected chi connectivity index (χ0v) is 14.1. The van der Waals surface area contributed by atoms with Crippen molar-refractivity contribution in [3.8, 4) is 0 Å². The van der Waals surface area contributed by atoms with Crippen LogP contribution in [0.4, 0.5) is 0 Å². The van der Waals surface area contributed by atoms with Crippen LogP contribution < -0.4 is 44.2 Å². The van der Waals surface area contributed by atoms with Gasteiger partial charge in [0, 0.05) is 0 Å². The smallest absolute Gasteiger partial charge is 0.790 e. The van der Waals surface area contributed by atoms with E-state index in [1.807, 2.05) is 0 Å². The molecule has 2 N–H and O–H groups in total. The van der Waals surface area contributed by atoms with Crippen LogP contribution in [0.5, 0.6) is 0 Å². The molecule has 0 spiro atoms. The van der Waals surface area contributed by atoms with Crippen LogP contribution in [-0.2, 0) is 22.3 Å². The van der Waals surface area contributed by atoms with Gasteiger partial charge in [0.2, 0.25) is 0 Å². The minimum Gasteiger partial charge on any atom is -0.790 e. The average Bonchev–Trinajstić information content (AvgIpc) is 1.43. The third-order valence-corrected chi connectivity index (χ3v) is 3.66. The standard InChI is InChI=1S/Ca.Na.H5O10P3/c;;1-11(2,3)9-13(7,8)10-12(4,5)6/h;;(H,7,8)(H2,1,2,3)(H2,4,5,6)/q+2;+1;/p-3. The molecule has 0 saturated heterocycles. The first kappa shape index (κ1) is 22.8. The van der Waals surface area contributed by atoms with Crippen molar-refractivity contribution in [3.63, 3.8) is 0 Å². The van der Waals surface area contributed by atoms with Crippen LogP contribution in [0, 0.1) is 0 Å². The fourth-order valence-corrected chi connectivity index (χ4v) is 2.68. The molecular weight excluding hydrogens is 316 g/mol. The molecule has 80 valence electrons. The molecule has 0 aromatic carbocycles. The van der Waals surface area contributed by atoms with Crippen molar-refractivity contribution in [1.29, 1.82) is 0 Å². The molecule has 0 aromatic heterocycles. The predicted octanol–water partition coefficient (Wildman–Crippen LogP) is -5.97. The van der Waals surface area contributed by atoms with Crippen molar-refractivity contribution in [2.45, 2.75) is 0 Å². The van der Waals surface area contributed by atoms with Crippen LogP contribution >= 0.6 is 23.5 Å². The summed E-state index contributed by atoms with van der Waals surface area (Å²) < 4.78 is 35.3. The van der Waals surface area contributed by atoms with Gasteiger partial charge in [0.1, 0.15) is 0 Å². The Labute approximate surface area is 136 Å². The van der Waals surface area contributed by atoms with E-state index in [-0.39, 0.29) is 67.3 Å². The van der Waals surface area contributed by atoms with E-state index in [2.05, 4.69) is 8.62 Å².